The lowest BCUT2D eigenvalue weighted by atomic mass is 10.0. The van der Waals surface area contributed by atoms with E-state index in [1.54, 1.807) is 13.0 Å². The summed E-state index contributed by atoms with van der Waals surface area (Å²) in [6.07, 6.45) is 0. The van der Waals surface area contributed by atoms with E-state index in [2.05, 4.69) is 24.4 Å². The van der Waals surface area contributed by atoms with Crippen LogP contribution >= 0.6 is 11.3 Å². The third-order valence-corrected chi connectivity index (χ3v) is 5.30. The van der Waals surface area contributed by atoms with Crippen molar-refractivity contribution in [1.29, 1.82) is 0 Å². The normalized spacial score (nSPS) is 12.3. The third kappa shape index (κ3) is 3.13. The van der Waals surface area contributed by atoms with Gasteiger partial charge in [-0.2, -0.15) is 0 Å². The molecule has 1 N–H and O–H groups in total. The van der Waals surface area contributed by atoms with Gasteiger partial charge in [-0.15, -0.1) is 11.3 Å². The minimum Gasteiger partial charge on any atom is -0.351 e. The Morgan fingerprint density at radius 3 is 2.61 bits per heavy atom. The van der Waals surface area contributed by atoms with Gasteiger partial charge in [-0.05, 0) is 36.1 Å². The number of rotatable bonds is 4. The molecule has 4 heteroatoms. The van der Waals surface area contributed by atoms with Crippen LogP contribution in [0.4, 0.5) is 4.39 Å². The Labute approximate surface area is 139 Å². The number of halogens is 1. The van der Waals surface area contributed by atoms with Gasteiger partial charge in [-0.1, -0.05) is 43.3 Å². The molecule has 118 valence electrons. The van der Waals surface area contributed by atoms with E-state index in [0.29, 0.717) is 22.4 Å². The van der Waals surface area contributed by atoms with Gasteiger partial charge in [0.05, 0.1) is 4.88 Å². The summed E-state index contributed by atoms with van der Waals surface area (Å²) in [4.78, 5) is 13.0. The number of amides is 1. The lowest BCUT2D eigenvalue weighted by Gasteiger charge is -2.12. The number of carbonyl (C=O) groups is 1. The molecule has 0 unspecified atom stereocenters. The SMILES string of the molecule is Cc1c(C(=O)NC[C@@H](C)c2ccccc2)sc2cccc(F)c12. The predicted octanol–water partition coefficient (Wildman–Crippen LogP) is 4.88. The summed E-state index contributed by atoms with van der Waals surface area (Å²) >= 11 is 1.34. The minimum absolute atomic E-state index is 0.133. The molecule has 0 saturated heterocycles. The molecule has 3 rings (SSSR count). The largest absolute Gasteiger partial charge is 0.351 e. The van der Waals surface area contributed by atoms with Crippen LogP contribution < -0.4 is 5.32 Å². The fourth-order valence-electron chi connectivity index (χ4n) is 2.70. The van der Waals surface area contributed by atoms with Crippen molar-refractivity contribution in [3.8, 4) is 0 Å². The van der Waals surface area contributed by atoms with Crippen LogP contribution in [0.15, 0.2) is 48.5 Å². The summed E-state index contributed by atoms with van der Waals surface area (Å²) < 4.78 is 14.7. The summed E-state index contributed by atoms with van der Waals surface area (Å²) in [5.74, 6) is -0.176. The highest BCUT2D eigenvalue weighted by Gasteiger charge is 2.18. The van der Waals surface area contributed by atoms with E-state index >= 15 is 0 Å². The molecular formula is C19H18FNOS. The molecular weight excluding hydrogens is 309 g/mol. The van der Waals surface area contributed by atoms with Crippen molar-refractivity contribution in [2.75, 3.05) is 6.54 Å². The number of nitrogens with one attached hydrogen (secondary N) is 1. The van der Waals surface area contributed by atoms with Crippen molar-refractivity contribution in [3.63, 3.8) is 0 Å². The second-order valence-electron chi connectivity index (χ2n) is 5.69. The molecule has 0 bridgehead atoms. The number of fused-ring (bicyclic) bond motifs is 1. The number of thiophene rings is 1. The molecule has 1 amide bonds. The highest BCUT2D eigenvalue weighted by atomic mass is 32.1. The van der Waals surface area contributed by atoms with Crippen molar-refractivity contribution in [2.45, 2.75) is 19.8 Å². The summed E-state index contributed by atoms with van der Waals surface area (Å²) in [6.45, 7) is 4.43. The first-order chi connectivity index (χ1) is 11.1. The van der Waals surface area contributed by atoms with E-state index in [1.807, 2.05) is 24.3 Å². The van der Waals surface area contributed by atoms with Crippen LogP contribution in [-0.4, -0.2) is 12.5 Å². The standard InChI is InChI=1S/C19H18FNOS/c1-12(14-7-4-3-5-8-14)11-21-19(22)18-13(2)17-15(20)9-6-10-16(17)23-18/h3-10,12H,11H2,1-2H3,(H,21,22)/t12-/m1/s1. The first-order valence-corrected chi connectivity index (χ1v) is 8.40. The second-order valence-corrected chi connectivity index (χ2v) is 6.74. The zero-order valence-electron chi connectivity index (χ0n) is 13.1. The molecule has 23 heavy (non-hydrogen) atoms. The van der Waals surface area contributed by atoms with Gasteiger partial charge in [0, 0.05) is 16.6 Å². The van der Waals surface area contributed by atoms with E-state index in [9.17, 15) is 9.18 Å². The number of benzene rings is 2. The predicted molar refractivity (Wildman–Crippen MR) is 93.7 cm³/mol. The molecule has 0 saturated carbocycles. The van der Waals surface area contributed by atoms with E-state index in [1.165, 1.54) is 23.0 Å². The zero-order chi connectivity index (χ0) is 16.4. The molecule has 0 aliphatic carbocycles. The van der Waals surface area contributed by atoms with Crippen LogP contribution in [0.1, 0.15) is 33.6 Å². The van der Waals surface area contributed by atoms with Crippen LogP contribution in [0.25, 0.3) is 10.1 Å². The van der Waals surface area contributed by atoms with Crippen molar-refractivity contribution >= 4 is 27.3 Å². The smallest absolute Gasteiger partial charge is 0.261 e. The molecule has 0 radical (unpaired) electrons. The Morgan fingerprint density at radius 1 is 1.17 bits per heavy atom. The van der Waals surface area contributed by atoms with Crippen molar-refractivity contribution in [3.05, 3.63) is 70.4 Å². The van der Waals surface area contributed by atoms with E-state index in [0.717, 1.165) is 4.70 Å². The third-order valence-electron chi connectivity index (χ3n) is 4.05. The lowest BCUT2D eigenvalue weighted by Crippen LogP contribution is -2.27. The Kier molecular flexibility index (Phi) is 4.44. The van der Waals surface area contributed by atoms with Crippen LogP contribution in [0.3, 0.4) is 0 Å². The molecule has 2 aromatic carbocycles. The topological polar surface area (TPSA) is 29.1 Å². The van der Waals surface area contributed by atoms with Crippen molar-refractivity contribution in [2.24, 2.45) is 0 Å². The molecule has 1 heterocycles. The van der Waals surface area contributed by atoms with E-state index < -0.39 is 0 Å². The van der Waals surface area contributed by atoms with Gasteiger partial charge < -0.3 is 5.32 Å². The second kappa shape index (κ2) is 6.50. The van der Waals surface area contributed by atoms with Gasteiger partial charge in [0.25, 0.3) is 5.91 Å². The molecule has 0 aliphatic rings. The number of hydrogen-bond acceptors (Lipinski definition) is 2. The van der Waals surface area contributed by atoms with Gasteiger partial charge in [0.1, 0.15) is 5.82 Å². The zero-order valence-corrected chi connectivity index (χ0v) is 13.9. The summed E-state index contributed by atoms with van der Waals surface area (Å²) in [5.41, 5.74) is 1.90. The first kappa shape index (κ1) is 15.7. The summed E-state index contributed by atoms with van der Waals surface area (Å²) in [6, 6.07) is 15.0. The van der Waals surface area contributed by atoms with Crippen LogP contribution in [0.2, 0.25) is 0 Å². The number of aryl methyl sites for hydroxylation is 1. The Balaban J connectivity index is 1.76. The molecule has 0 spiro atoms. The molecule has 1 aromatic heterocycles. The van der Waals surface area contributed by atoms with Crippen molar-refractivity contribution in [1.82, 2.24) is 5.32 Å². The fourth-order valence-corrected chi connectivity index (χ4v) is 3.83. The van der Waals surface area contributed by atoms with Gasteiger partial charge in [-0.3, -0.25) is 4.79 Å². The first-order valence-electron chi connectivity index (χ1n) is 7.58. The molecule has 0 fully saturated rings. The van der Waals surface area contributed by atoms with E-state index in [4.69, 9.17) is 0 Å². The fraction of sp³-hybridized carbons (Fsp3) is 0.211. The maximum atomic E-state index is 13.9. The number of hydrogen-bond donors (Lipinski definition) is 1. The van der Waals surface area contributed by atoms with Gasteiger partial charge in [0.2, 0.25) is 0 Å². The van der Waals surface area contributed by atoms with Gasteiger partial charge in [0.15, 0.2) is 0 Å². The highest BCUT2D eigenvalue weighted by Crippen LogP contribution is 2.32. The molecule has 3 aromatic rings. The van der Waals surface area contributed by atoms with Gasteiger partial charge in [-0.25, -0.2) is 4.39 Å². The van der Waals surface area contributed by atoms with Crippen LogP contribution in [0.5, 0.6) is 0 Å². The monoisotopic (exact) mass is 327 g/mol. The van der Waals surface area contributed by atoms with Crippen molar-refractivity contribution < 1.29 is 9.18 Å². The Bertz CT molecular complexity index is 841. The summed E-state index contributed by atoms with van der Waals surface area (Å²) in [5, 5.41) is 3.52. The quantitative estimate of drug-likeness (QED) is 0.727. The average Bonchev–Trinajstić information content (AvgIpc) is 2.91. The number of carbonyl (C=O) groups excluding carboxylic acids is 1. The Hall–Kier alpha value is -2.20. The molecule has 0 aliphatic heterocycles. The summed E-state index contributed by atoms with van der Waals surface area (Å²) in [7, 11) is 0. The lowest BCUT2D eigenvalue weighted by molar-refractivity contribution is 0.0955. The van der Waals surface area contributed by atoms with Crippen LogP contribution in [-0.2, 0) is 0 Å². The highest BCUT2D eigenvalue weighted by molar-refractivity contribution is 7.21. The molecule has 1 atom stereocenters. The van der Waals surface area contributed by atoms with Gasteiger partial charge >= 0.3 is 0 Å². The minimum atomic E-state index is -0.270. The van der Waals surface area contributed by atoms with E-state index in [-0.39, 0.29) is 17.6 Å². The maximum absolute atomic E-state index is 13.9. The average molecular weight is 327 g/mol. The molecule has 2 nitrogen and oxygen atoms in total. The van der Waals surface area contributed by atoms with Crippen LogP contribution in [0, 0.1) is 12.7 Å². The Morgan fingerprint density at radius 2 is 1.91 bits per heavy atom. The maximum Gasteiger partial charge on any atom is 0.261 e.